The average Bonchev–Trinajstić information content (AvgIpc) is 3.40. The Labute approximate surface area is 244 Å². The first-order chi connectivity index (χ1) is 20.1. The number of anilines is 1. The first-order valence-electron chi connectivity index (χ1n) is 13.1. The number of aromatic nitrogens is 4. The summed E-state index contributed by atoms with van der Waals surface area (Å²) in [6.07, 6.45) is -4.61. The van der Waals surface area contributed by atoms with E-state index >= 15 is 0 Å². The van der Waals surface area contributed by atoms with E-state index < -0.39 is 87.5 Å². The molecule has 2 fully saturated rings. The van der Waals surface area contributed by atoms with Gasteiger partial charge in [-0.25, -0.2) is 28.2 Å². The van der Waals surface area contributed by atoms with Crippen LogP contribution in [0.15, 0.2) is 11.1 Å². The lowest BCUT2D eigenvalue weighted by Crippen LogP contribution is -2.48. The molecule has 2 unspecified atom stereocenters. The molecule has 5 N–H and O–H groups in total. The predicted molar refractivity (Wildman–Crippen MR) is 141 cm³/mol. The summed E-state index contributed by atoms with van der Waals surface area (Å²) < 4.78 is 55.1. The molecule has 1 saturated carbocycles. The molecule has 0 amide bonds. The molecule has 5 atom stereocenters. The summed E-state index contributed by atoms with van der Waals surface area (Å²) in [5.41, 5.74) is 2.04. The molecule has 1 spiro atoms. The highest BCUT2D eigenvalue weighted by atomic mass is 31.2. The van der Waals surface area contributed by atoms with Crippen molar-refractivity contribution < 1.29 is 61.6 Å². The molecule has 4 rings (SSSR count). The summed E-state index contributed by atoms with van der Waals surface area (Å²) in [5, 5.41) is 22.3. The third kappa shape index (κ3) is 6.93. The average molecular weight is 636 g/mol. The van der Waals surface area contributed by atoms with E-state index in [1.54, 1.807) is 27.7 Å². The topological polar surface area (TPSA) is 255 Å². The number of phosphoric acid groups is 1. The number of rotatable bonds is 12. The quantitative estimate of drug-likeness (QED) is 0.145. The number of carbonyl (C=O) groups is 2. The number of nitrogen functional groups attached to an aromatic ring is 1. The van der Waals surface area contributed by atoms with Crippen molar-refractivity contribution >= 4 is 37.2 Å². The fraction of sp³-hybridized carbons (Fsp3) is 0.696. The summed E-state index contributed by atoms with van der Waals surface area (Å²) in [5.74, 6) is -0.141. The molecule has 240 valence electrons. The number of imidazole rings is 1. The standard InChI is InChI=1S/C23H34N5O14P/c1-11(2)40-20(31)35-9-38-43(34,39-10-36-21(32)41-12(3)4)37-7-13-16(29)22(5,33)23(42-13)6-14(23)28-8-25-15-17(28)26-19(24)27-18(15)30/h8,11-14,16,29,33H,6-7,9-10H2,1-5H3,(H3,24,26,27,30)/t13-,14?,16-,22-,23?/m1/s1. The molecule has 1 aliphatic carbocycles. The van der Waals surface area contributed by atoms with Crippen LogP contribution in [0.3, 0.4) is 0 Å². The molecular weight excluding hydrogens is 601 g/mol. The highest BCUT2D eigenvalue weighted by molar-refractivity contribution is 7.48. The van der Waals surface area contributed by atoms with E-state index in [4.69, 9.17) is 33.5 Å². The summed E-state index contributed by atoms with van der Waals surface area (Å²) in [6, 6.07) is -0.624. The lowest BCUT2D eigenvalue weighted by molar-refractivity contribution is -0.0838. The number of hydrogen-bond donors (Lipinski definition) is 4. The van der Waals surface area contributed by atoms with Crippen molar-refractivity contribution in [3.05, 3.63) is 16.7 Å². The SMILES string of the molecule is CC(C)OC(=O)OCOP(=O)(OCOC(=O)OC(C)C)OC[C@H]1OC2(CC2n2cnc3c(=O)[nH]c(N)nc32)[C@](C)(O)[C@@H]1O. The van der Waals surface area contributed by atoms with Crippen molar-refractivity contribution in [3.8, 4) is 0 Å². The van der Waals surface area contributed by atoms with Crippen LogP contribution in [-0.4, -0.2) is 97.9 Å². The Balaban J connectivity index is 1.44. The monoisotopic (exact) mass is 635 g/mol. The van der Waals surface area contributed by atoms with E-state index in [-0.39, 0.29) is 23.5 Å². The van der Waals surface area contributed by atoms with Gasteiger partial charge >= 0.3 is 20.1 Å². The van der Waals surface area contributed by atoms with Gasteiger partial charge in [0.25, 0.3) is 5.56 Å². The smallest absolute Gasteiger partial charge is 0.432 e. The van der Waals surface area contributed by atoms with Gasteiger partial charge in [0.15, 0.2) is 11.2 Å². The van der Waals surface area contributed by atoms with E-state index in [0.717, 1.165) is 0 Å². The Kier molecular flexibility index (Phi) is 9.36. The van der Waals surface area contributed by atoms with Crippen molar-refractivity contribution in [2.75, 3.05) is 25.9 Å². The van der Waals surface area contributed by atoms with Crippen molar-refractivity contribution in [3.63, 3.8) is 0 Å². The minimum absolute atomic E-state index is 0.0172. The summed E-state index contributed by atoms with van der Waals surface area (Å²) in [7, 11) is -4.67. The van der Waals surface area contributed by atoms with Gasteiger partial charge in [-0.3, -0.25) is 14.3 Å². The number of nitrogens with zero attached hydrogens (tertiary/aromatic N) is 3. The van der Waals surface area contributed by atoms with Crippen molar-refractivity contribution in [1.82, 2.24) is 19.5 Å². The van der Waals surface area contributed by atoms with Crippen molar-refractivity contribution in [1.29, 1.82) is 0 Å². The normalized spacial score (nSPS) is 26.8. The molecule has 43 heavy (non-hydrogen) atoms. The van der Waals surface area contributed by atoms with E-state index in [0.29, 0.717) is 0 Å². The zero-order chi connectivity index (χ0) is 31.7. The first kappa shape index (κ1) is 32.6. The molecule has 1 saturated heterocycles. The number of nitrogens with two attached hydrogens (primary N) is 1. The van der Waals surface area contributed by atoms with Crippen LogP contribution < -0.4 is 11.3 Å². The molecule has 3 heterocycles. The largest absolute Gasteiger partial charge is 0.510 e. The molecule has 20 heteroatoms. The van der Waals surface area contributed by atoms with Crippen LogP contribution >= 0.6 is 7.82 Å². The first-order valence-corrected chi connectivity index (χ1v) is 14.6. The summed E-state index contributed by atoms with van der Waals surface area (Å²) >= 11 is 0. The number of carbonyl (C=O) groups excluding carboxylic acids is 2. The van der Waals surface area contributed by atoms with Gasteiger partial charge in [-0.1, -0.05) is 0 Å². The molecule has 1 aliphatic heterocycles. The number of aromatic amines is 1. The van der Waals surface area contributed by atoms with E-state index in [9.17, 15) is 29.2 Å². The van der Waals surface area contributed by atoms with Crippen LogP contribution in [0.4, 0.5) is 15.5 Å². The Bertz CT molecular complexity index is 1410. The number of hydrogen-bond acceptors (Lipinski definition) is 17. The third-order valence-electron chi connectivity index (χ3n) is 6.64. The second-order valence-electron chi connectivity index (χ2n) is 10.5. The number of aliphatic hydroxyl groups is 2. The van der Waals surface area contributed by atoms with Gasteiger partial charge < -0.3 is 44.2 Å². The Morgan fingerprint density at radius 1 is 1.16 bits per heavy atom. The minimum Gasteiger partial charge on any atom is -0.432 e. The van der Waals surface area contributed by atoms with Gasteiger partial charge in [-0.2, -0.15) is 4.98 Å². The molecule has 0 aromatic carbocycles. The van der Waals surface area contributed by atoms with Crippen LogP contribution in [0.5, 0.6) is 0 Å². The molecule has 2 aliphatic rings. The predicted octanol–water partition coefficient (Wildman–Crippen LogP) is 1.09. The molecule has 2 aromatic heterocycles. The second kappa shape index (κ2) is 12.4. The van der Waals surface area contributed by atoms with Crippen molar-refractivity contribution in [2.45, 2.75) is 82.7 Å². The molecule has 0 radical (unpaired) electrons. The zero-order valence-corrected chi connectivity index (χ0v) is 24.8. The highest BCUT2D eigenvalue weighted by Crippen LogP contribution is 2.63. The number of H-pyrrole nitrogens is 1. The van der Waals surface area contributed by atoms with Gasteiger partial charge in [0.05, 0.1) is 31.2 Å². The number of phosphoric ester groups is 1. The van der Waals surface area contributed by atoms with Crippen LogP contribution in [0, 0.1) is 0 Å². The van der Waals surface area contributed by atoms with E-state index in [1.165, 1.54) is 17.8 Å². The number of aliphatic hydroxyl groups excluding tert-OH is 1. The number of ether oxygens (including phenoxy) is 5. The number of nitrogens with one attached hydrogen (secondary N) is 1. The van der Waals surface area contributed by atoms with Gasteiger partial charge in [0.2, 0.25) is 19.5 Å². The Morgan fingerprint density at radius 3 is 2.30 bits per heavy atom. The Morgan fingerprint density at radius 2 is 1.74 bits per heavy atom. The molecule has 2 aromatic rings. The molecule has 19 nitrogen and oxygen atoms in total. The van der Waals surface area contributed by atoms with E-state index in [2.05, 4.69) is 24.4 Å². The molecular formula is C23H34N5O14P. The third-order valence-corrected chi connectivity index (χ3v) is 7.95. The number of fused-ring (bicyclic) bond motifs is 1. The fourth-order valence-corrected chi connectivity index (χ4v) is 5.51. The van der Waals surface area contributed by atoms with Gasteiger partial charge in [0.1, 0.15) is 23.4 Å². The lowest BCUT2D eigenvalue weighted by Gasteiger charge is -2.27. The highest BCUT2D eigenvalue weighted by Gasteiger charge is 2.75. The summed E-state index contributed by atoms with van der Waals surface area (Å²) in [4.78, 5) is 46.0. The van der Waals surface area contributed by atoms with Gasteiger partial charge in [0, 0.05) is 6.42 Å². The zero-order valence-electron chi connectivity index (χ0n) is 24.0. The minimum atomic E-state index is -4.67. The fourth-order valence-electron chi connectivity index (χ4n) is 4.59. The van der Waals surface area contributed by atoms with Gasteiger partial charge in [-0.05, 0) is 34.6 Å². The second-order valence-corrected chi connectivity index (χ2v) is 12.2. The maximum absolute atomic E-state index is 13.3. The maximum Gasteiger partial charge on any atom is 0.510 e. The Hall–Kier alpha value is -3.32. The van der Waals surface area contributed by atoms with Crippen LogP contribution in [0.1, 0.15) is 47.1 Å². The van der Waals surface area contributed by atoms with Crippen molar-refractivity contribution in [2.24, 2.45) is 0 Å². The lowest BCUT2D eigenvalue weighted by atomic mass is 9.90. The molecule has 0 bridgehead atoms. The van der Waals surface area contributed by atoms with Crippen LogP contribution in [0.25, 0.3) is 11.2 Å². The maximum atomic E-state index is 13.3. The van der Waals surface area contributed by atoms with Crippen LogP contribution in [-0.2, 0) is 41.8 Å². The summed E-state index contributed by atoms with van der Waals surface area (Å²) in [6.45, 7) is 5.10. The van der Waals surface area contributed by atoms with E-state index in [1.807, 2.05) is 0 Å². The van der Waals surface area contributed by atoms with Gasteiger partial charge in [-0.15, -0.1) is 0 Å². The van der Waals surface area contributed by atoms with Crippen LogP contribution in [0.2, 0.25) is 0 Å².